The van der Waals surface area contributed by atoms with Gasteiger partial charge in [-0.2, -0.15) is 0 Å². The van der Waals surface area contributed by atoms with Gasteiger partial charge in [-0.1, -0.05) is 31.0 Å². The summed E-state index contributed by atoms with van der Waals surface area (Å²) >= 11 is 0. The van der Waals surface area contributed by atoms with Crippen molar-refractivity contribution in [1.82, 2.24) is 29.6 Å². The number of aromatic nitrogens is 2. The number of urea groups is 1. The van der Waals surface area contributed by atoms with E-state index in [1.165, 1.54) is 43.0 Å². The molecule has 3 aromatic rings. The van der Waals surface area contributed by atoms with Gasteiger partial charge in [-0.3, -0.25) is 4.57 Å². The Bertz CT molecular complexity index is 1510. The number of rotatable bonds is 7. The molecule has 2 aromatic heterocycles. The number of piperidine rings is 1. The van der Waals surface area contributed by atoms with Crippen molar-refractivity contribution < 1.29 is 15.0 Å². The first-order valence-corrected chi connectivity index (χ1v) is 16.7. The van der Waals surface area contributed by atoms with Gasteiger partial charge in [0, 0.05) is 86.0 Å². The summed E-state index contributed by atoms with van der Waals surface area (Å²) in [5.41, 5.74) is 3.16. The molecule has 4 heterocycles. The molecule has 9 nitrogen and oxygen atoms in total. The second kappa shape index (κ2) is 10.8. The number of likely N-dealkylation sites (N-methyl/N-ethyl adjacent to an activating group) is 1. The molecule has 1 aromatic carbocycles. The average Bonchev–Trinajstić information content (AvgIpc) is 3.84. The number of fused-ring (bicyclic) bond motifs is 6. The Morgan fingerprint density at radius 2 is 1.63 bits per heavy atom. The normalized spacial score (nSPS) is 31.3. The molecule has 43 heavy (non-hydrogen) atoms. The number of nitrogens with zero attached hydrogens (tertiary/aromatic N) is 4. The Morgan fingerprint density at radius 1 is 0.907 bits per heavy atom. The molecule has 4 fully saturated rings. The number of nitrogens with one attached hydrogen (secondary N) is 2. The quantitative estimate of drug-likeness (QED) is 0.325. The average molecular weight is 587 g/mol. The number of likely N-dealkylation sites (tertiary alicyclic amines) is 1. The van der Waals surface area contributed by atoms with Crippen molar-refractivity contribution >= 4 is 16.9 Å². The molecule has 2 saturated carbocycles. The predicted molar refractivity (Wildman–Crippen MR) is 167 cm³/mol. The summed E-state index contributed by atoms with van der Waals surface area (Å²) in [6.45, 7) is 5.37. The van der Waals surface area contributed by atoms with Crippen LogP contribution in [0.25, 0.3) is 10.9 Å². The van der Waals surface area contributed by atoms with Crippen LogP contribution in [-0.2, 0) is 6.54 Å². The Hall–Kier alpha value is -3.17. The third kappa shape index (κ3) is 4.37. The van der Waals surface area contributed by atoms with Crippen LogP contribution in [0.1, 0.15) is 74.0 Å². The van der Waals surface area contributed by atoms with E-state index in [0.29, 0.717) is 37.5 Å². The lowest BCUT2D eigenvalue weighted by molar-refractivity contribution is 0.109. The first-order chi connectivity index (χ1) is 21.0. The lowest BCUT2D eigenvalue weighted by Crippen LogP contribution is -2.52. The molecule has 4 N–H and O–H groups in total. The van der Waals surface area contributed by atoms with Crippen molar-refractivity contribution in [2.45, 2.75) is 81.5 Å². The highest BCUT2D eigenvalue weighted by Crippen LogP contribution is 2.61. The summed E-state index contributed by atoms with van der Waals surface area (Å²) in [5, 5.41) is 30.9. The maximum absolute atomic E-state index is 12.6. The lowest BCUT2D eigenvalue weighted by atomic mass is 9.78. The van der Waals surface area contributed by atoms with Gasteiger partial charge in [-0.05, 0) is 68.5 Å². The summed E-state index contributed by atoms with van der Waals surface area (Å²) in [7, 11) is 1.95. The number of benzene rings is 1. The molecule has 0 spiro atoms. The van der Waals surface area contributed by atoms with Gasteiger partial charge in [-0.25, -0.2) is 4.79 Å². The fourth-order valence-corrected chi connectivity index (χ4v) is 9.86. The summed E-state index contributed by atoms with van der Waals surface area (Å²) in [6.07, 6.45) is 10.3. The van der Waals surface area contributed by atoms with Crippen LogP contribution >= 0.6 is 0 Å². The minimum Gasteiger partial charge on any atom is -0.494 e. The Kier molecular flexibility index (Phi) is 6.86. The molecule has 9 heteroatoms. The first-order valence-electron chi connectivity index (χ1n) is 16.7. The van der Waals surface area contributed by atoms with E-state index in [9.17, 15) is 15.0 Å². The third-order valence-electron chi connectivity index (χ3n) is 11.9. The van der Waals surface area contributed by atoms with Crippen molar-refractivity contribution in [2.75, 3.05) is 39.8 Å². The van der Waals surface area contributed by atoms with Gasteiger partial charge in [0.2, 0.25) is 0 Å². The van der Waals surface area contributed by atoms with E-state index in [1.807, 2.05) is 16.5 Å². The van der Waals surface area contributed by atoms with Crippen molar-refractivity contribution in [3.05, 3.63) is 47.7 Å². The van der Waals surface area contributed by atoms with Crippen LogP contribution in [0.2, 0.25) is 0 Å². The maximum atomic E-state index is 12.6. The maximum Gasteiger partial charge on any atom is 0.317 e. The second-order valence-corrected chi connectivity index (χ2v) is 13.9. The summed E-state index contributed by atoms with van der Waals surface area (Å²) in [4.78, 5) is 17.2. The van der Waals surface area contributed by atoms with E-state index in [2.05, 4.69) is 56.6 Å². The standard InChI is InChI=1S/C34H46N6O3/c1-35-30-25-18-26(31(30)39-17-13-36-34(39)43)29-28(25)32(41)40(33(29)42)20-23-8-3-2-7-22(23)19-37-14-11-24(12-15-37)38-16-10-21-6-4-5-9-27(21)38/h4-6,9-10,16,22-26,30-31,35,41-42H,2-3,7-8,11-15,17-20H2,1H3,(H,36,43). The van der Waals surface area contributed by atoms with Crippen molar-refractivity contribution in [3.63, 3.8) is 0 Å². The van der Waals surface area contributed by atoms with E-state index in [0.717, 1.165) is 43.6 Å². The molecule has 230 valence electrons. The van der Waals surface area contributed by atoms with Gasteiger partial charge in [0.1, 0.15) is 0 Å². The Morgan fingerprint density at radius 3 is 2.35 bits per heavy atom. The number of amides is 2. The highest BCUT2D eigenvalue weighted by molar-refractivity contribution is 5.80. The lowest BCUT2D eigenvalue weighted by Gasteiger charge is -2.39. The molecular weight excluding hydrogens is 540 g/mol. The Balaban J connectivity index is 0.970. The van der Waals surface area contributed by atoms with Gasteiger partial charge in [0.05, 0.1) is 6.04 Å². The van der Waals surface area contributed by atoms with E-state index in [1.54, 1.807) is 0 Å². The molecule has 3 aliphatic carbocycles. The molecule has 6 unspecified atom stereocenters. The van der Waals surface area contributed by atoms with Crippen molar-refractivity contribution in [3.8, 4) is 11.8 Å². The highest BCUT2D eigenvalue weighted by atomic mass is 16.3. The van der Waals surface area contributed by atoms with E-state index in [-0.39, 0.29) is 41.7 Å². The molecule has 2 amide bonds. The van der Waals surface area contributed by atoms with Crippen molar-refractivity contribution in [1.29, 1.82) is 0 Å². The summed E-state index contributed by atoms with van der Waals surface area (Å²) in [6, 6.07) is 11.6. The van der Waals surface area contributed by atoms with E-state index < -0.39 is 0 Å². The number of carbonyl (C=O) groups excluding carboxylic acids is 1. The van der Waals surface area contributed by atoms with Gasteiger partial charge < -0.3 is 35.2 Å². The molecule has 5 aliphatic rings. The van der Waals surface area contributed by atoms with Crippen LogP contribution < -0.4 is 10.6 Å². The fraction of sp³-hybridized carbons (Fsp3) is 0.618. The SMILES string of the molecule is CNC1C2CC(c3c2c(O)n(CC2CCCCC2CN2CCC(n4ccc5ccccc54)CC2)c3O)C1N1CCNC1=O. The van der Waals surface area contributed by atoms with Crippen molar-refractivity contribution in [2.24, 2.45) is 11.8 Å². The first kappa shape index (κ1) is 27.4. The third-order valence-corrected chi connectivity index (χ3v) is 11.9. The smallest absolute Gasteiger partial charge is 0.317 e. The summed E-state index contributed by atoms with van der Waals surface area (Å²) < 4.78 is 4.31. The number of hydrogen-bond donors (Lipinski definition) is 4. The Labute approximate surface area is 253 Å². The molecule has 8 rings (SSSR count). The number of hydrogen-bond acceptors (Lipinski definition) is 5. The zero-order valence-corrected chi connectivity index (χ0v) is 25.3. The molecule has 2 aliphatic heterocycles. The number of para-hydroxylation sites is 1. The highest BCUT2D eigenvalue weighted by Gasteiger charge is 2.57. The predicted octanol–water partition coefficient (Wildman–Crippen LogP) is 4.56. The number of aromatic hydroxyl groups is 2. The van der Waals surface area contributed by atoms with Gasteiger partial charge in [0.15, 0.2) is 11.8 Å². The van der Waals surface area contributed by atoms with Crippen LogP contribution in [0, 0.1) is 11.8 Å². The molecule has 0 radical (unpaired) electrons. The zero-order valence-electron chi connectivity index (χ0n) is 25.3. The van der Waals surface area contributed by atoms with Crippen LogP contribution in [0.4, 0.5) is 4.79 Å². The second-order valence-electron chi connectivity index (χ2n) is 13.9. The summed E-state index contributed by atoms with van der Waals surface area (Å²) in [5.74, 6) is 1.65. The molecule has 2 bridgehead atoms. The van der Waals surface area contributed by atoms with Gasteiger partial charge >= 0.3 is 6.03 Å². The number of carbonyl (C=O) groups is 1. The van der Waals surface area contributed by atoms with E-state index in [4.69, 9.17) is 0 Å². The monoisotopic (exact) mass is 586 g/mol. The minimum atomic E-state index is -0.0155. The topological polar surface area (TPSA) is 97.9 Å². The fourth-order valence-electron chi connectivity index (χ4n) is 9.86. The molecule has 2 saturated heterocycles. The molecule has 6 atom stereocenters. The minimum absolute atomic E-state index is 0.000959. The van der Waals surface area contributed by atoms with Gasteiger partial charge in [0.25, 0.3) is 0 Å². The van der Waals surface area contributed by atoms with E-state index >= 15 is 0 Å². The molecular formula is C34H46N6O3. The van der Waals surface area contributed by atoms with Gasteiger partial charge in [-0.15, -0.1) is 0 Å². The zero-order chi connectivity index (χ0) is 29.2. The van der Waals surface area contributed by atoms with Crippen LogP contribution in [0.5, 0.6) is 11.8 Å². The van der Waals surface area contributed by atoms with Crippen LogP contribution in [0.15, 0.2) is 36.5 Å². The largest absolute Gasteiger partial charge is 0.494 e. The van der Waals surface area contributed by atoms with Crippen LogP contribution in [-0.4, -0.2) is 87.0 Å². The van der Waals surface area contributed by atoms with Crippen LogP contribution in [0.3, 0.4) is 0 Å².